The number of aliphatic hydroxyl groups is 1. The maximum Gasteiger partial charge on any atom is 0.238 e. The van der Waals surface area contributed by atoms with Gasteiger partial charge in [0, 0.05) is 12.3 Å². The van der Waals surface area contributed by atoms with Gasteiger partial charge in [-0.05, 0) is 64.8 Å². The Morgan fingerprint density at radius 3 is 2.33 bits per heavy atom. The van der Waals surface area contributed by atoms with Gasteiger partial charge < -0.3 is 10.4 Å². The molecule has 0 aliphatic carbocycles. The standard InChI is InChI=1S/C17H28N2O2/c1-13-10-14(2)17(15(3)11-13)18-16(21)12-19(4)8-6-5-7-9-20/h10-11,20H,5-9,12H2,1-4H3,(H,18,21). The second-order valence-electron chi connectivity index (χ2n) is 5.84. The first-order valence-electron chi connectivity index (χ1n) is 7.61. The lowest BCUT2D eigenvalue weighted by atomic mass is 10.1. The van der Waals surface area contributed by atoms with E-state index in [-0.39, 0.29) is 12.5 Å². The Morgan fingerprint density at radius 1 is 1.14 bits per heavy atom. The number of aryl methyl sites for hydroxylation is 3. The minimum atomic E-state index is 0.0229. The monoisotopic (exact) mass is 292 g/mol. The first kappa shape index (κ1) is 17.7. The molecule has 0 saturated carbocycles. The fraction of sp³-hybridized carbons (Fsp3) is 0.588. The van der Waals surface area contributed by atoms with Crippen LogP contribution in [0.3, 0.4) is 0 Å². The molecule has 21 heavy (non-hydrogen) atoms. The van der Waals surface area contributed by atoms with Gasteiger partial charge in [-0.1, -0.05) is 17.7 Å². The molecule has 0 aliphatic heterocycles. The van der Waals surface area contributed by atoms with Crippen molar-refractivity contribution in [2.24, 2.45) is 0 Å². The summed E-state index contributed by atoms with van der Waals surface area (Å²) in [5, 5.41) is 11.8. The van der Waals surface area contributed by atoms with Crippen molar-refractivity contribution in [2.75, 3.05) is 32.1 Å². The zero-order valence-corrected chi connectivity index (χ0v) is 13.7. The number of rotatable bonds is 8. The summed E-state index contributed by atoms with van der Waals surface area (Å²) < 4.78 is 0. The average molecular weight is 292 g/mol. The Balaban J connectivity index is 2.47. The fourth-order valence-corrected chi connectivity index (χ4v) is 2.55. The molecule has 0 fully saturated rings. The highest BCUT2D eigenvalue weighted by Crippen LogP contribution is 2.21. The van der Waals surface area contributed by atoms with Crippen molar-refractivity contribution in [1.82, 2.24) is 4.90 Å². The van der Waals surface area contributed by atoms with E-state index in [9.17, 15) is 4.79 Å². The van der Waals surface area contributed by atoms with Gasteiger partial charge in [0.25, 0.3) is 0 Å². The molecule has 1 rings (SSSR count). The Hall–Kier alpha value is -1.39. The number of carbonyl (C=O) groups excluding carboxylic acids is 1. The summed E-state index contributed by atoms with van der Waals surface area (Å²) in [5.74, 6) is 0.0229. The Kier molecular flexibility index (Phi) is 7.40. The Labute approximate surface area is 128 Å². The van der Waals surface area contributed by atoms with Crippen molar-refractivity contribution in [3.05, 3.63) is 28.8 Å². The number of anilines is 1. The number of carbonyl (C=O) groups is 1. The van der Waals surface area contributed by atoms with Crippen LogP contribution in [0.15, 0.2) is 12.1 Å². The summed E-state index contributed by atoms with van der Waals surface area (Å²) in [6.07, 6.45) is 2.84. The number of nitrogens with zero attached hydrogens (tertiary/aromatic N) is 1. The van der Waals surface area contributed by atoms with Crippen LogP contribution in [-0.2, 0) is 4.79 Å². The Bertz CT molecular complexity index is 449. The molecule has 0 aromatic heterocycles. The van der Waals surface area contributed by atoms with Crippen LogP contribution < -0.4 is 5.32 Å². The number of unbranched alkanes of at least 4 members (excludes halogenated alkanes) is 2. The topological polar surface area (TPSA) is 52.6 Å². The number of aliphatic hydroxyl groups excluding tert-OH is 1. The van der Waals surface area contributed by atoms with Crippen molar-refractivity contribution in [2.45, 2.75) is 40.0 Å². The number of amides is 1. The lowest BCUT2D eigenvalue weighted by molar-refractivity contribution is -0.117. The van der Waals surface area contributed by atoms with Crippen molar-refractivity contribution < 1.29 is 9.90 Å². The maximum atomic E-state index is 12.1. The molecule has 2 N–H and O–H groups in total. The second-order valence-corrected chi connectivity index (χ2v) is 5.84. The summed E-state index contributed by atoms with van der Waals surface area (Å²) in [4.78, 5) is 14.1. The first-order valence-corrected chi connectivity index (χ1v) is 7.61. The first-order chi connectivity index (χ1) is 9.93. The number of nitrogens with one attached hydrogen (secondary N) is 1. The Morgan fingerprint density at radius 2 is 1.76 bits per heavy atom. The van der Waals surface area contributed by atoms with E-state index in [0.717, 1.165) is 42.6 Å². The largest absolute Gasteiger partial charge is 0.396 e. The molecule has 0 aliphatic rings. The van der Waals surface area contributed by atoms with Gasteiger partial charge in [-0.3, -0.25) is 9.69 Å². The molecule has 0 spiro atoms. The smallest absolute Gasteiger partial charge is 0.238 e. The van der Waals surface area contributed by atoms with Gasteiger partial charge in [-0.15, -0.1) is 0 Å². The second kappa shape index (κ2) is 8.80. The lowest BCUT2D eigenvalue weighted by Crippen LogP contribution is -2.31. The molecule has 4 heteroatoms. The van der Waals surface area contributed by atoms with Gasteiger partial charge in [0.1, 0.15) is 0 Å². The van der Waals surface area contributed by atoms with Crippen LogP contribution in [0.1, 0.15) is 36.0 Å². The molecule has 1 aromatic rings. The summed E-state index contributed by atoms with van der Waals surface area (Å²) in [5.41, 5.74) is 4.35. The van der Waals surface area contributed by atoms with Crippen molar-refractivity contribution in [3.8, 4) is 0 Å². The van der Waals surface area contributed by atoms with Gasteiger partial charge in [0.15, 0.2) is 0 Å². The van der Waals surface area contributed by atoms with Gasteiger partial charge in [0.2, 0.25) is 5.91 Å². The lowest BCUT2D eigenvalue weighted by Gasteiger charge is -2.18. The zero-order valence-electron chi connectivity index (χ0n) is 13.7. The molecule has 118 valence electrons. The van der Waals surface area contributed by atoms with E-state index >= 15 is 0 Å². The third-order valence-corrected chi connectivity index (χ3v) is 3.55. The summed E-state index contributed by atoms with van der Waals surface area (Å²) >= 11 is 0. The highest BCUT2D eigenvalue weighted by molar-refractivity contribution is 5.93. The van der Waals surface area contributed by atoms with Crippen molar-refractivity contribution in [3.63, 3.8) is 0 Å². The summed E-state index contributed by atoms with van der Waals surface area (Å²) in [6.45, 7) is 7.62. The third-order valence-electron chi connectivity index (χ3n) is 3.55. The quantitative estimate of drug-likeness (QED) is 0.724. The maximum absolute atomic E-state index is 12.1. The fourth-order valence-electron chi connectivity index (χ4n) is 2.55. The average Bonchev–Trinajstić information content (AvgIpc) is 2.39. The van der Waals surface area contributed by atoms with Crippen molar-refractivity contribution in [1.29, 1.82) is 0 Å². The highest BCUT2D eigenvalue weighted by atomic mass is 16.2. The molecule has 0 unspecified atom stereocenters. The normalized spacial score (nSPS) is 11.0. The summed E-state index contributed by atoms with van der Waals surface area (Å²) in [6, 6.07) is 4.17. The van der Waals surface area contributed by atoms with Crippen LogP contribution in [0.5, 0.6) is 0 Å². The van der Waals surface area contributed by atoms with E-state index in [1.165, 1.54) is 5.56 Å². The minimum Gasteiger partial charge on any atom is -0.396 e. The van der Waals surface area contributed by atoms with Crippen LogP contribution in [0.25, 0.3) is 0 Å². The van der Waals surface area contributed by atoms with Gasteiger partial charge in [-0.25, -0.2) is 0 Å². The molecular weight excluding hydrogens is 264 g/mol. The molecule has 4 nitrogen and oxygen atoms in total. The highest BCUT2D eigenvalue weighted by Gasteiger charge is 2.10. The molecule has 0 radical (unpaired) electrons. The van der Waals surface area contributed by atoms with Gasteiger partial charge in [-0.2, -0.15) is 0 Å². The molecule has 1 aromatic carbocycles. The molecule has 0 heterocycles. The van der Waals surface area contributed by atoms with E-state index in [1.54, 1.807) is 0 Å². The van der Waals surface area contributed by atoms with E-state index in [0.29, 0.717) is 6.54 Å². The zero-order chi connectivity index (χ0) is 15.8. The number of likely N-dealkylation sites (N-methyl/N-ethyl adjacent to an activating group) is 1. The molecule has 1 amide bonds. The minimum absolute atomic E-state index is 0.0229. The van der Waals surface area contributed by atoms with Crippen LogP contribution >= 0.6 is 0 Å². The molecular formula is C17H28N2O2. The van der Waals surface area contributed by atoms with Crippen LogP contribution in [0.2, 0.25) is 0 Å². The molecule has 0 bridgehead atoms. The predicted octanol–water partition coefficient (Wildman–Crippen LogP) is 2.64. The van der Waals surface area contributed by atoms with Gasteiger partial charge in [0.05, 0.1) is 6.54 Å². The molecule has 0 atom stereocenters. The van der Waals surface area contributed by atoms with E-state index < -0.39 is 0 Å². The van der Waals surface area contributed by atoms with E-state index in [4.69, 9.17) is 5.11 Å². The van der Waals surface area contributed by atoms with Gasteiger partial charge >= 0.3 is 0 Å². The summed E-state index contributed by atoms with van der Waals surface area (Å²) in [7, 11) is 1.95. The van der Waals surface area contributed by atoms with E-state index in [1.807, 2.05) is 25.8 Å². The van der Waals surface area contributed by atoms with Crippen LogP contribution in [-0.4, -0.2) is 42.7 Å². The van der Waals surface area contributed by atoms with Crippen molar-refractivity contribution >= 4 is 11.6 Å². The number of benzene rings is 1. The SMILES string of the molecule is Cc1cc(C)c(NC(=O)CN(C)CCCCCO)c(C)c1. The predicted molar refractivity (Wildman–Crippen MR) is 87.7 cm³/mol. The molecule has 0 saturated heterocycles. The van der Waals surface area contributed by atoms with Crippen LogP contribution in [0.4, 0.5) is 5.69 Å². The number of hydrogen-bond acceptors (Lipinski definition) is 3. The van der Waals surface area contributed by atoms with E-state index in [2.05, 4.69) is 24.4 Å². The van der Waals surface area contributed by atoms with Crippen LogP contribution in [0, 0.1) is 20.8 Å². The number of hydrogen-bond donors (Lipinski definition) is 2. The third kappa shape index (κ3) is 6.27.